The first-order valence-electron chi connectivity index (χ1n) is 7.52. The molecular formula is C18H15N5O. The van der Waals surface area contributed by atoms with Crippen molar-refractivity contribution >= 4 is 0 Å². The number of aromatic amines is 1. The Labute approximate surface area is 138 Å². The molecule has 0 aliphatic rings. The van der Waals surface area contributed by atoms with Crippen LogP contribution in [0.2, 0.25) is 0 Å². The van der Waals surface area contributed by atoms with Crippen LogP contribution in [0.1, 0.15) is 0 Å². The van der Waals surface area contributed by atoms with Crippen molar-refractivity contribution < 1.29 is 4.74 Å². The SMILES string of the molecule is COc1n[nH]c(-c2cn(-c3ccccc3)nc2-c2ccccc2)n1. The number of hydrogen-bond donors (Lipinski definition) is 1. The molecule has 0 spiro atoms. The second-order valence-electron chi connectivity index (χ2n) is 5.21. The van der Waals surface area contributed by atoms with E-state index in [0.717, 1.165) is 22.5 Å². The average molecular weight is 317 g/mol. The monoisotopic (exact) mass is 317 g/mol. The van der Waals surface area contributed by atoms with E-state index in [9.17, 15) is 0 Å². The number of aromatic nitrogens is 5. The highest BCUT2D eigenvalue weighted by atomic mass is 16.5. The average Bonchev–Trinajstić information content (AvgIpc) is 3.30. The molecule has 2 aromatic carbocycles. The first-order chi connectivity index (χ1) is 11.8. The second-order valence-corrected chi connectivity index (χ2v) is 5.21. The largest absolute Gasteiger partial charge is 0.466 e. The molecule has 1 N–H and O–H groups in total. The third kappa shape index (κ3) is 2.54. The number of ether oxygens (including phenoxy) is 1. The van der Waals surface area contributed by atoms with E-state index < -0.39 is 0 Å². The van der Waals surface area contributed by atoms with Crippen molar-refractivity contribution in [2.24, 2.45) is 0 Å². The number of nitrogens with zero attached hydrogens (tertiary/aromatic N) is 4. The van der Waals surface area contributed by atoms with Crippen LogP contribution in [0.25, 0.3) is 28.3 Å². The van der Waals surface area contributed by atoms with Crippen LogP contribution in [0.15, 0.2) is 66.9 Å². The molecule has 0 radical (unpaired) electrons. The maximum atomic E-state index is 5.07. The number of rotatable bonds is 4. The number of nitrogens with one attached hydrogen (secondary N) is 1. The summed E-state index contributed by atoms with van der Waals surface area (Å²) >= 11 is 0. The molecule has 0 fully saturated rings. The summed E-state index contributed by atoms with van der Waals surface area (Å²) < 4.78 is 6.91. The number of hydrogen-bond acceptors (Lipinski definition) is 4. The standard InChI is InChI=1S/C18H15N5O/c1-24-18-19-17(20-21-18)15-12-23(14-10-6-3-7-11-14)22-16(15)13-8-4-2-5-9-13/h2-12H,1H3,(H,19,20,21). The van der Waals surface area contributed by atoms with Crippen LogP contribution in [0.5, 0.6) is 6.01 Å². The Morgan fingerprint density at radius 3 is 2.33 bits per heavy atom. The van der Waals surface area contributed by atoms with Gasteiger partial charge in [-0.25, -0.2) is 4.68 Å². The maximum absolute atomic E-state index is 5.07. The molecule has 6 nitrogen and oxygen atoms in total. The summed E-state index contributed by atoms with van der Waals surface area (Å²) in [5.41, 5.74) is 3.68. The predicted molar refractivity (Wildman–Crippen MR) is 90.9 cm³/mol. The van der Waals surface area contributed by atoms with Gasteiger partial charge in [-0.15, -0.1) is 5.10 Å². The first kappa shape index (κ1) is 14.2. The minimum absolute atomic E-state index is 0.302. The van der Waals surface area contributed by atoms with E-state index in [0.29, 0.717) is 11.8 Å². The van der Waals surface area contributed by atoms with Crippen LogP contribution in [-0.2, 0) is 0 Å². The molecule has 2 aromatic heterocycles. The summed E-state index contributed by atoms with van der Waals surface area (Å²) in [4.78, 5) is 4.35. The number of methoxy groups -OCH3 is 1. The van der Waals surface area contributed by atoms with Crippen LogP contribution < -0.4 is 4.74 Å². The van der Waals surface area contributed by atoms with Crippen molar-refractivity contribution in [3.63, 3.8) is 0 Å². The molecule has 0 unspecified atom stereocenters. The predicted octanol–water partition coefficient (Wildman–Crippen LogP) is 3.33. The molecule has 4 rings (SSSR count). The zero-order valence-electron chi connectivity index (χ0n) is 13.0. The Morgan fingerprint density at radius 1 is 0.958 bits per heavy atom. The highest BCUT2D eigenvalue weighted by Crippen LogP contribution is 2.30. The Bertz CT molecular complexity index is 944. The molecule has 2 heterocycles. The van der Waals surface area contributed by atoms with Gasteiger partial charge in [0.15, 0.2) is 5.82 Å². The minimum atomic E-state index is 0.302. The lowest BCUT2D eigenvalue weighted by Crippen LogP contribution is -1.93. The molecule has 0 bridgehead atoms. The van der Waals surface area contributed by atoms with Crippen LogP contribution in [0.3, 0.4) is 0 Å². The van der Waals surface area contributed by atoms with Gasteiger partial charge in [0.25, 0.3) is 0 Å². The molecule has 0 aliphatic heterocycles. The van der Waals surface area contributed by atoms with E-state index in [4.69, 9.17) is 9.84 Å². The van der Waals surface area contributed by atoms with E-state index in [2.05, 4.69) is 15.2 Å². The first-order valence-corrected chi connectivity index (χ1v) is 7.52. The molecule has 0 atom stereocenters. The number of para-hydroxylation sites is 1. The van der Waals surface area contributed by atoms with Crippen molar-refractivity contribution in [1.82, 2.24) is 25.0 Å². The Balaban J connectivity index is 1.88. The molecule has 24 heavy (non-hydrogen) atoms. The topological polar surface area (TPSA) is 68.6 Å². The fraction of sp³-hybridized carbons (Fsp3) is 0.0556. The summed E-state index contributed by atoms with van der Waals surface area (Å²) in [6, 6.07) is 20.3. The van der Waals surface area contributed by atoms with Crippen LogP contribution >= 0.6 is 0 Å². The Hall–Kier alpha value is -3.41. The molecule has 0 saturated heterocycles. The van der Waals surface area contributed by atoms with Gasteiger partial charge in [0.05, 0.1) is 18.4 Å². The third-order valence-electron chi connectivity index (χ3n) is 3.68. The van der Waals surface area contributed by atoms with Crippen LogP contribution in [0, 0.1) is 0 Å². The van der Waals surface area contributed by atoms with Crippen LogP contribution in [0.4, 0.5) is 0 Å². The Morgan fingerprint density at radius 2 is 1.67 bits per heavy atom. The van der Waals surface area contributed by atoms with E-state index in [1.807, 2.05) is 71.5 Å². The van der Waals surface area contributed by atoms with Gasteiger partial charge in [-0.1, -0.05) is 48.5 Å². The van der Waals surface area contributed by atoms with E-state index >= 15 is 0 Å². The third-order valence-corrected chi connectivity index (χ3v) is 3.68. The molecule has 0 amide bonds. The van der Waals surface area contributed by atoms with Gasteiger partial charge in [-0.3, -0.25) is 5.10 Å². The lowest BCUT2D eigenvalue weighted by Gasteiger charge is -2.00. The highest BCUT2D eigenvalue weighted by molar-refractivity contribution is 5.77. The summed E-state index contributed by atoms with van der Waals surface area (Å²) in [5.74, 6) is 0.618. The zero-order valence-corrected chi connectivity index (χ0v) is 13.0. The molecular weight excluding hydrogens is 302 g/mol. The van der Waals surface area contributed by atoms with Gasteiger partial charge in [0.2, 0.25) is 0 Å². The van der Waals surface area contributed by atoms with Crippen molar-refractivity contribution in [2.75, 3.05) is 7.11 Å². The molecule has 4 aromatic rings. The van der Waals surface area contributed by atoms with Crippen molar-refractivity contribution in [2.45, 2.75) is 0 Å². The fourth-order valence-electron chi connectivity index (χ4n) is 2.53. The second kappa shape index (κ2) is 6.00. The highest BCUT2D eigenvalue weighted by Gasteiger charge is 2.17. The van der Waals surface area contributed by atoms with E-state index in [1.165, 1.54) is 0 Å². The van der Waals surface area contributed by atoms with Crippen molar-refractivity contribution in [1.29, 1.82) is 0 Å². The molecule has 118 valence electrons. The van der Waals surface area contributed by atoms with Crippen LogP contribution in [-0.4, -0.2) is 32.1 Å². The summed E-state index contributed by atoms with van der Waals surface area (Å²) in [7, 11) is 1.54. The van der Waals surface area contributed by atoms with Crippen molar-refractivity contribution in [3.8, 4) is 34.3 Å². The summed E-state index contributed by atoms with van der Waals surface area (Å²) in [6.07, 6.45) is 1.94. The molecule has 0 aliphatic carbocycles. The fourth-order valence-corrected chi connectivity index (χ4v) is 2.53. The van der Waals surface area contributed by atoms with Gasteiger partial charge >= 0.3 is 6.01 Å². The van der Waals surface area contributed by atoms with Gasteiger partial charge in [0.1, 0.15) is 5.69 Å². The van der Waals surface area contributed by atoms with Gasteiger partial charge in [0, 0.05) is 11.8 Å². The summed E-state index contributed by atoms with van der Waals surface area (Å²) in [5, 5.41) is 11.7. The minimum Gasteiger partial charge on any atom is -0.466 e. The quantitative estimate of drug-likeness (QED) is 0.627. The number of benzene rings is 2. The lowest BCUT2D eigenvalue weighted by atomic mass is 10.1. The van der Waals surface area contributed by atoms with Gasteiger partial charge < -0.3 is 4.74 Å². The Kier molecular flexibility index (Phi) is 3.55. The summed E-state index contributed by atoms with van der Waals surface area (Å²) in [6.45, 7) is 0. The van der Waals surface area contributed by atoms with E-state index in [-0.39, 0.29) is 0 Å². The smallest absolute Gasteiger partial charge is 0.335 e. The lowest BCUT2D eigenvalue weighted by molar-refractivity contribution is 0.382. The molecule has 6 heteroatoms. The normalized spacial score (nSPS) is 10.7. The molecule has 0 saturated carbocycles. The zero-order chi connectivity index (χ0) is 16.4. The number of H-pyrrole nitrogens is 1. The van der Waals surface area contributed by atoms with Crippen molar-refractivity contribution in [3.05, 3.63) is 66.9 Å². The maximum Gasteiger partial charge on any atom is 0.335 e. The van der Waals surface area contributed by atoms with Gasteiger partial charge in [-0.05, 0) is 12.1 Å². The van der Waals surface area contributed by atoms with E-state index in [1.54, 1.807) is 7.11 Å². The van der Waals surface area contributed by atoms with Gasteiger partial charge in [-0.2, -0.15) is 10.1 Å².